The molecule has 7 heteroatoms. The van der Waals surface area contributed by atoms with Gasteiger partial charge in [0.05, 0.1) is 23.3 Å². The van der Waals surface area contributed by atoms with Crippen LogP contribution in [0.2, 0.25) is 5.02 Å². The number of hydrogen-bond donors (Lipinski definition) is 2. The van der Waals surface area contributed by atoms with Crippen LogP contribution in [-0.4, -0.2) is 21.6 Å². The number of carbonyl (C=O) groups excluding carboxylic acids is 2. The molecule has 0 saturated carbocycles. The molecule has 0 bridgehead atoms. The molecule has 3 aromatic rings. The van der Waals surface area contributed by atoms with E-state index in [1.54, 1.807) is 35.1 Å². The predicted octanol–water partition coefficient (Wildman–Crippen LogP) is 3.73. The molecule has 0 spiro atoms. The zero-order chi connectivity index (χ0) is 18.1. The van der Waals surface area contributed by atoms with Crippen molar-refractivity contribution in [3.63, 3.8) is 0 Å². The fourth-order valence-corrected chi connectivity index (χ4v) is 3.16. The minimum atomic E-state index is -0.743. The van der Waals surface area contributed by atoms with Gasteiger partial charge < -0.3 is 10.6 Å². The fraction of sp³-hybridized carbons (Fsp3) is 0.105. The number of carbonyl (C=O) groups is 2. The molecule has 2 amide bonds. The van der Waals surface area contributed by atoms with Crippen molar-refractivity contribution in [1.29, 1.82) is 0 Å². The lowest BCUT2D eigenvalue weighted by molar-refractivity contribution is -0.125. The van der Waals surface area contributed by atoms with Crippen molar-refractivity contribution in [2.75, 3.05) is 10.6 Å². The van der Waals surface area contributed by atoms with E-state index in [1.807, 2.05) is 30.3 Å². The largest absolute Gasteiger partial charge is 0.323 e. The van der Waals surface area contributed by atoms with E-state index in [0.717, 1.165) is 11.1 Å². The lowest BCUT2D eigenvalue weighted by Gasteiger charge is -2.24. The summed E-state index contributed by atoms with van der Waals surface area (Å²) >= 11 is 6.10. The van der Waals surface area contributed by atoms with Gasteiger partial charge in [0.15, 0.2) is 0 Å². The van der Waals surface area contributed by atoms with Crippen LogP contribution >= 0.6 is 11.6 Å². The summed E-state index contributed by atoms with van der Waals surface area (Å²) in [5.41, 5.74) is 2.19. The van der Waals surface area contributed by atoms with E-state index in [4.69, 9.17) is 11.6 Å². The van der Waals surface area contributed by atoms with Crippen molar-refractivity contribution >= 4 is 34.9 Å². The second-order valence-electron chi connectivity index (χ2n) is 5.95. The Bertz CT molecular complexity index is 984. The summed E-state index contributed by atoms with van der Waals surface area (Å²) in [6.07, 6.45) is 1.67. The second kappa shape index (κ2) is 6.65. The maximum Gasteiger partial charge on any atom is 0.249 e. The highest BCUT2D eigenvalue weighted by Gasteiger charge is 2.33. The zero-order valence-electron chi connectivity index (χ0n) is 13.6. The van der Waals surface area contributed by atoms with Crippen molar-refractivity contribution in [3.8, 4) is 11.1 Å². The summed E-state index contributed by atoms with van der Waals surface area (Å²) in [6, 6.07) is 15.8. The zero-order valence-corrected chi connectivity index (χ0v) is 14.4. The lowest BCUT2D eigenvalue weighted by Crippen LogP contribution is -2.35. The molecule has 26 heavy (non-hydrogen) atoms. The van der Waals surface area contributed by atoms with Gasteiger partial charge in [-0.15, -0.1) is 0 Å². The van der Waals surface area contributed by atoms with Crippen molar-refractivity contribution in [1.82, 2.24) is 9.78 Å². The van der Waals surface area contributed by atoms with Crippen LogP contribution in [0.15, 0.2) is 60.8 Å². The third kappa shape index (κ3) is 2.95. The molecule has 0 aliphatic carbocycles. The SMILES string of the molecule is O=C1C[C@H](C(=O)Nc2ccccc2Cl)n2ncc(-c3ccccc3)c2N1. The Labute approximate surface area is 154 Å². The van der Waals surface area contributed by atoms with Crippen molar-refractivity contribution < 1.29 is 9.59 Å². The first-order valence-corrected chi connectivity index (χ1v) is 8.49. The van der Waals surface area contributed by atoms with Crippen LogP contribution in [0.1, 0.15) is 12.5 Å². The van der Waals surface area contributed by atoms with Crippen LogP contribution in [0.3, 0.4) is 0 Å². The molecular formula is C19H15ClN4O2. The van der Waals surface area contributed by atoms with Crippen LogP contribution in [0, 0.1) is 0 Å². The van der Waals surface area contributed by atoms with E-state index in [-0.39, 0.29) is 18.2 Å². The van der Waals surface area contributed by atoms with Gasteiger partial charge in [-0.25, -0.2) is 4.68 Å². The predicted molar refractivity (Wildman–Crippen MR) is 100 cm³/mol. The minimum Gasteiger partial charge on any atom is -0.323 e. The molecule has 0 saturated heterocycles. The highest BCUT2D eigenvalue weighted by Crippen LogP contribution is 2.34. The van der Waals surface area contributed by atoms with Gasteiger partial charge in [0.2, 0.25) is 11.8 Å². The van der Waals surface area contributed by atoms with Crippen LogP contribution in [0.5, 0.6) is 0 Å². The highest BCUT2D eigenvalue weighted by molar-refractivity contribution is 6.33. The first kappa shape index (κ1) is 16.4. The Balaban J connectivity index is 1.68. The molecule has 0 radical (unpaired) electrons. The van der Waals surface area contributed by atoms with Gasteiger partial charge in [-0.05, 0) is 17.7 Å². The summed E-state index contributed by atoms with van der Waals surface area (Å²) in [4.78, 5) is 24.9. The number of hydrogen-bond acceptors (Lipinski definition) is 3. The highest BCUT2D eigenvalue weighted by atomic mass is 35.5. The smallest absolute Gasteiger partial charge is 0.249 e. The number of halogens is 1. The van der Waals surface area contributed by atoms with Gasteiger partial charge in [0.25, 0.3) is 0 Å². The molecule has 2 heterocycles. The third-order valence-electron chi connectivity index (χ3n) is 4.25. The van der Waals surface area contributed by atoms with E-state index in [2.05, 4.69) is 15.7 Å². The maximum atomic E-state index is 12.8. The van der Waals surface area contributed by atoms with E-state index in [9.17, 15) is 9.59 Å². The number of fused-ring (bicyclic) bond motifs is 1. The number of anilines is 2. The Morgan fingerprint density at radius 2 is 1.88 bits per heavy atom. The number of amides is 2. The normalized spacial score (nSPS) is 15.9. The number of aromatic nitrogens is 2. The van der Waals surface area contributed by atoms with Gasteiger partial charge in [-0.3, -0.25) is 9.59 Å². The molecule has 1 aromatic heterocycles. The average molecular weight is 367 g/mol. The molecule has 2 N–H and O–H groups in total. The number of nitrogens with zero attached hydrogens (tertiary/aromatic N) is 2. The molecule has 130 valence electrons. The van der Waals surface area contributed by atoms with Crippen LogP contribution in [0.4, 0.5) is 11.5 Å². The quantitative estimate of drug-likeness (QED) is 0.741. The average Bonchev–Trinajstić information content (AvgIpc) is 3.07. The summed E-state index contributed by atoms with van der Waals surface area (Å²) in [7, 11) is 0. The molecule has 4 rings (SSSR count). The number of para-hydroxylation sites is 1. The standard InChI is InChI=1S/C19H15ClN4O2/c20-14-8-4-5-9-15(14)22-19(26)16-10-17(25)23-18-13(11-21-24(16)18)12-6-2-1-3-7-12/h1-9,11,16H,10H2,(H,22,26)(H,23,25)/t16-/m1/s1. The lowest BCUT2D eigenvalue weighted by atomic mass is 10.1. The van der Waals surface area contributed by atoms with Crippen molar-refractivity contribution in [2.24, 2.45) is 0 Å². The molecule has 1 aliphatic heterocycles. The Morgan fingerprint density at radius 3 is 2.65 bits per heavy atom. The van der Waals surface area contributed by atoms with E-state index < -0.39 is 6.04 Å². The maximum absolute atomic E-state index is 12.8. The van der Waals surface area contributed by atoms with E-state index in [0.29, 0.717) is 16.5 Å². The summed E-state index contributed by atoms with van der Waals surface area (Å²) in [6.45, 7) is 0. The first-order valence-electron chi connectivity index (χ1n) is 8.11. The van der Waals surface area contributed by atoms with Gasteiger partial charge in [0, 0.05) is 5.56 Å². The molecule has 6 nitrogen and oxygen atoms in total. The molecule has 2 aromatic carbocycles. The molecule has 1 atom stereocenters. The third-order valence-corrected chi connectivity index (χ3v) is 4.58. The Kier molecular flexibility index (Phi) is 4.18. The molecular weight excluding hydrogens is 352 g/mol. The summed E-state index contributed by atoms with van der Waals surface area (Å²) in [5, 5.41) is 10.4. The van der Waals surface area contributed by atoms with E-state index in [1.165, 1.54) is 0 Å². The van der Waals surface area contributed by atoms with Gasteiger partial charge in [-0.1, -0.05) is 54.1 Å². The molecule has 0 fully saturated rings. The number of nitrogens with one attached hydrogen (secondary N) is 2. The fourth-order valence-electron chi connectivity index (χ4n) is 2.98. The molecule has 0 unspecified atom stereocenters. The summed E-state index contributed by atoms with van der Waals surface area (Å²) < 4.78 is 1.55. The van der Waals surface area contributed by atoms with Gasteiger partial charge >= 0.3 is 0 Å². The van der Waals surface area contributed by atoms with E-state index >= 15 is 0 Å². The number of rotatable bonds is 3. The van der Waals surface area contributed by atoms with Crippen molar-refractivity contribution in [3.05, 3.63) is 65.8 Å². The molecule has 1 aliphatic rings. The summed E-state index contributed by atoms with van der Waals surface area (Å²) in [5.74, 6) is -0.0434. The Hall–Kier alpha value is -3.12. The van der Waals surface area contributed by atoms with Crippen molar-refractivity contribution in [2.45, 2.75) is 12.5 Å². The second-order valence-corrected chi connectivity index (χ2v) is 6.36. The number of benzene rings is 2. The Morgan fingerprint density at radius 1 is 1.15 bits per heavy atom. The van der Waals surface area contributed by atoms with Crippen LogP contribution in [0.25, 0.3) is 11.1 Å². The topological polar surface area (TPSA) is 76.0 Å². The monoisotopic (exact) mass is 366 g/mol. The van der Waals surface area contributed by atoms with Gasteiger partial charge in [0.1, 0.15) is 11.9 Å². The van der Waals surface area contributed by atoms with Gasteiger partial charge in [-0.2, -0.15) is 5.10 Å². The van der Waals surface area contributed by atoms with Crippen LogP contribution in [-0.2, 0) is 9.59 Å². The minimum absolute atomic E-state index is 0.0131. The first-order chi connectivity index (χ1) is 12.6. The van der Waals surface area contributed by atoms with Crippen LogP contribution < -0.4 is 10.6 Å².